The van der Waals surface area contributed by atoms with E-state index in [4.69, 9.17) is 14.8 Å². The molecule has 0 amide bonds. The molecular formula is C27H30IN6OP. The zero-order chi connectivity index (χ0) is 24.6. The second kappa shape index (κ2) is 8.43. The number of imidazole rings is 1. The summed E-state index contributed by atoms with van der Waals surface area (Å²) in [5.74, 6) is 2.65. The summed E-state index contributed by atoms with van der Waals surface area (Å²) in [6.07, 6.45) is 5.04. The number of hydrogen-bond acceptors (Lipinski definition) is 5. The van der Waals surface area contributed by atoms with Crippen LogP contribution < -0.4 is 15.0 Å². The van der Waals surface area contributed by atoms with Gasteiger partial charge in [0.15, 0.2) is 0 Å². The predicted molar refractivity (Wildman–Crippen MR) is 156 cm³/mol. The first-order valence-electron chi connectivity index (χ1n) is 12.6. The molecule has 7 nitrogen and oxygen atoms in total. The average molecular weight is 612 g/mol. The molecule has 1 saturated carbocycles. The Morgan fingerprint density at radius 3 is 2.75 bits per heavy atom. The van der Waals surface area contributed by atoms with Crippen molar-refractivity contribution in [3.8, 4) is 28.3 Å². The van der Waals surface area contributed by atoms with E-state index in [-0.39, 0.29) is 0 Å². The summed E-state index contributed by atoms with van der Waals surface area (Å²) in [5, 5.41) is 9.37. The molecule has 1 aliphatic carbocycles. The van der Waals surface area contributed by atoms with Crippen LogP contribution in [0.4, 0.5) is 5.69 Å². The topological polar surface area (TPSA) is 60.1 Å². The fraction of sp³-hybridized carbons (Fsp3) is 0.407. The minimum Gasteiger partial charge on any atom is -0.490 e. The number of rotatable bonds is 4. The van der Waals surface area contributed by atoms with Crippen LogP contribution in [-0.4, -0.2) is 52.4 Å². The number of aryl methyl sites for hydroxylation is 1. The van der Waals surface area contributed by atoms with Crippen molar-refractivity contribution in [1.29, 1.82) is 0 Å². The van der Waals surface area contributed by atoms with Gasteiger partial charge in [-0.15, -0.1) is 0 Å². The van der Waals surface area contributed by atoms with E-state index in [1.807, 2.05) is 6.20 Å². The van der Waals surface area contributed by atoms with Crippen LogP contribution in [0.3, 0.4) is 0 Å². The summed E-state index contributed by atoms with van der Waals surface area (Å²) in [7, 11) is 4.33. The molecule has 0 bridgehead atoms. The van der Waals surface area contributed by atoms with Gasteiger partial charge in [-0.2, -0.15) is 5.10 Å². The van der Waals surface area contributed by atoms with Crippen molar-refractivity contribution < 1.29 is 4.74 Å². The molecule has 1 unspecified atom stereocenters. The second-order valence-electron chi connectivity index (χ2n) is 10.7. The van der Waals surface area contributed by atoms with E-state index in [1.165, 1.54) is 46.4 Å². The van der Waals surface area contributed by atoms with Gasteiger partial charge < -0.3 is 19.5 Å². The Bertz CT molecular complexity index is 1500. The zero-order valence-corrected chi connectivity index (χ0v) is 24.0. The SMILES string of the molecule is Cc1ccc2c(cnn2PI)c1-c1c(-c2ccc3c(c2)OCCN3C)nc(C2CC3(CNC3)C2)n1C. The third kappa shape index (κ3) is 3.37. The molecular weight excluding hydrogens is 582 g/mol. The Kier molecular flexibility index (Phi) is 5.38. The van der Waals surface area contributed by atoms with E-state index in [1.54, 1.807) is 0 Å². The number of fused-ring (bicyclic) bond motifs is 2. The number of halogens is 1. The lowest BCUT2D eigenvalue weighted by Crippen LogP contribution is -2.59. The van der Waals surface area contributed by atoms with Crippen molar-refractivity contribution in [3.63, 3.8) is 0 Å². The lowest BCUT2D eigenvalue weighted by atomic mass is 9.58. The highest BCUT2D eigenvalue weighted by Crippen LogP contribution is 2.54. The number of benzene rings is 2. The molecule has 1 atom stereocenters. The smallest absolute Gasteiger partial charge is 0.143 e. The predicted octanol–water partition coefficient (Wildman–Crippen LogP) is 5.50. The number of anilines is 1. The second-order valence-corrected chi connectivity index (χ2v) is 12.8. The number of hydrogen-bond donors (Lipinski definition) is 1. The van der Waals surface area contributed by atoms with Gasteiger partial charge in [0, 0.05) is 49.6 Å². The Labute approximate surface area is 225 Å². The monoisotopic (exact) mass is 612 g/mol. The van der Waals surface area contributed by atoms with E-state index in [9.17, 15) is 0 Å². The fourth-order valence-corrected chi connectivity index (χ4v) is 7.94. The summed E-state index contributed by atoms with van der Waals surface area (Å²) in [4.78, 5) is 7.65. The maximum Gasteiger partial charge on any atom is 0.143 e. The molecule has 7 rings (SSSR count). The molecule has 4 aromatic rings. The summed E-state index contributed by atoms with van der Waals surface area (Å²) in [6, 6.07) is 11.0. The van der Waals surface area contributed by atoms with Gasteiger partial charge in [0.25, 0.3) is 0 Å². The molecule has 2 fully saturated rings. The fourth-order valence-electron chi connectivity index (χ4n) is 6.40. The lowest BCUT2D eigenvalue weighted by Gasteiger charge is -2.54. The molecule has 1 saturated heterocycles. The maximum absolute atomic E-state index is 6.08. The molecule has 2 aromatic heterocycles. The van der Waals surface area contributed by atoms with Gasteiger partial charge in [0.1, 0.15) is 18.2 Å². The normalized spacial score (nSPS) is 19.1. The van der Waals surface area contributed by atoms with E-state index in [0.717, 1.165) is 42.3 Å². The molecule has 1 N–H and O–H groups in total. The van der Waals surface area contributed by atoms with Crippen LogP contribution >= 0.6 is 28.4 Å². The molecule has 0 radical (unpaired) electrons. The van der Waals surface area contributed by atoms with Crippen molar-refractivity contribution >= 4 is 45.0 Å². The van der Waals surface area contributed by atoms with Crippen LogP contribution in [0.5, 0.6) is 5.75 Å². The minimum atomic E-state index is 0.499. The van der Waals surface area contributed by atoms with Crippen LogP contribution in [0.25, 0.3) is 33.4 Å². The standard InChI is InChI=1S/C27H30IN6OP/c1-16-4-6-20-19(13-30-34(20)36-28)23(16)25-24(17-5-7-21-22(10-17)35-9-8-32(21)2)31-26(33(25)3)18-11-27(12-18)14-29-15-27/h4-7,10,13,18,29,36H,8-9,11-12,14-15H2,1-3H3. The molecule has 9 heteroatoms. The Balaban J connectivity index is 1.43. The van der Waals surface area contributed by atoms with Crippen LogP contribution in [-0.2, 0) is 7.05 Å². The van der Waals surface area contributed by atoms with E-state index in [2.05, 4.69) is 92.6 Å². The maximum atomic E-state index is 6.08. The van der Waals surface area contributed by atoms with Crippen molar-refractivity contribution in [2.75, 3.05) is 38.2 Å². The average Bonchev–Trinajstić information content (AvgIpc) is 3.39. The number of ether oxygens (including phenoxy) is 1. The number of nitrogens with one attached hydrogen (secondary N) is 1. The minimum absolute atomic E-state index is 0.499. The summed E-state index contributed by atoms with van der Waals surface area (Å²) in [5.41, 5.74) is 8.64. The highest BCUT2D eigenvalue weighted by Gasteiger charge is 2.50. The lowest BCUT2D eigenvalue weighted by molar-refractivity contribution is 0.0321. The van der Waals surface area contributed by atoms with Gasteiger partial charge in [-0.1, -0.05) is 12.1 Å². The van der Waals surface area contributed by atoms with Crippen molar-refractivity contribution in [1.82, 2.24) is 24.4 Å². The number of aromatic nitrogens is 4. The Hall–Kier alpha value is -2.16. The summed E-state index contributed by atoms with van der Waals surface area (Å²) >= 11 is 2.40. The van der Waals surface area contributed by atoms with Gasteiger partial charge in [0.2, 0.25) is 0 Å². The first-order valence-corrected chi connectivity index (χ1v) is 16.6. The summed E-state index contributed by atoms with van der Waals surface area (Å²) < 4.78 is 10.6. The van der Waals surface area contributed by atoms with Crippen molar-refractivity contribution in [2.45, 2.75) is 25.7 Å². The Morgan fingerprint density at radius 2 is 2.00 bits per heavy atom. The molecule has 1 spiro atoms. The molecule has 2 aromatic carbocycles. The van der Waals surface area contributed by atoms with E-state index >= 15 is 0 Å². The third-order valence-electron chi connectivity index (χ3n) is 8.46. The van der Waals surface area contributed by atoms with Crippen LogP contribution in [0.15, 0.2) is 36.5 Å². The van der Waals surface area contributed by atoms with Crippen molar-refractivity contribution in [2.24, 2.45) is 12.5 Å². The van der Waals surface area contributed by atoms with E-state index in [0.29, 0.717) is 24.3 Å². The zero-order valence-electron chi connectivity index (χ0n) is 20.8. The third-order valence-corrected chi connectivity index (χ3v) is 10.3. The summed E-state index contributed by atoms with van der Waals surface area (Å²) in [6.45, 7) is 6.13. The van der Waals surface area contributed by atoms with Crippen LogP contribution in [0.1, 0.15) is 30.1 Å². The highest BCUT2D eigenvalue weighted by molar-refractivity contribution is 14.2. The molecule has 36 heavy (non-hydrogen) atoms. The molecule has 3 aliphatic rings. The number of nitrogens with zero attached hydrogens (tertiary/aromatic N) is 5. The first kappa shape index (κ1) is 23.0. The van der Waals surface area contributed by atoms with Crippen molar-refractivity contribution in [3.05, 3.63) is 47.9 Å². The largest absolute Gasteiger partial charge is 0.490 e. The quantitative estimate of drug-likeness (QED) is 0.244. The van der Waals surface area contributed by atoms with E-state index < -0.39 is 0 Å². The van der Waals surface area contributed by atoms with Crippen LogP contribution in [0.2, 0.25) is 0 Å². The van der Waals surface area contributed by atoms with Gasteiger partial charge in [0.05, 0.1) is 41.7 Å². The Morgan fingerprint density at radius 1 is 1.17 bits per heavy atom. The van der Waals surface area contributed by atoms with Crippen LogP contribution in [0, 0.1) is 12.3 Å². The van der Waals surface area contributed by atoms with Gasteiger partial charge >= 0.3 is 0 Å². The molecule has 2 aliphatic heterocycles. The molecule has 4 heterocycles. The van der Waals surface area contributed by atoms with Gasteiger partial charge in [-0.3, -0.25) is 0 Å². The number of likely N-dealkylation sites (N-methyl/N-ethyl adjacent to an activating group) is 1. The highest BCUT2D eigenvalue weighted by atomic mass is 127. The van der Waals surface area contributed by atoms with Gasteiger partial charge in [-0.05, 0) is 71.0 Å². The first-order chi connectivity index (χ1) is 17.5. The van der Waals surface area contributed by atoms with Gasteiger partial charge in [-0.25, -0.2) is 9.44 Å². The molecule has 186 valence electrons.